The second-order valence-electron chi connectivity index (χ2n) is 4.11. The lowest BCUT2D eigenvalue weighted by Crippen LogP contribution is -2.14. The van der Waals surface area contributed by atoms with Crippen LogP contribution in [-0.4, -0.2) is 6.61 Å². The number of rotatable bonds is 4. The lowest BCUT2D eigenvalue weighted by atomic mass is 9.98. The summed E-state index contributed by atoms with van der Waals surface area (Å²) in [5, 5.41) is 0.445. The molecule has 2 aromatic rings. The first-order valence-corrected chi connectivity index (χ1v) is 6.43. The summed E-state index contributed by atoms with van der Waals surface area (Å²) in [7, 11) is 0. The molecule has 0 aliphatic carbocycles. The molecule has 0 aromatic heterocycles. The Hall–Kier alpha value is -1.58. The van der Waals surface area contributed by atoms with Gasteiger partial charge in [0.25, 0.3) is 0 Å². The van der Waals surface area contributed by atoms with E-state index < -0.39 is 6.04 Å². The van der Waals surface area contributed by atoms with Crippen molar-refractivity contribution in [1.82, 2.24) is 0 Å². The largest absolute Gasteiger partial charge is 0.494 e. The minimum atomic E-state index is -0.522. The Balaban J connectivity index is 2.43. The summed E-state index contributed by atoms with van der Waals surface area (Å²) in [6, 6.07) is 11.1. The molecule has 0 heterocycles. The minimum Gasteiger partial charge on any atom is -0.494 e. The predicted octanol–water partition coefficient (Wildman–Crippen LogP) is 3.93. The van der Waals surface area contributed by atoms with Crippen molar-refractivity contribution < 1.29 is 9.13 Å². The molecule has 2 aromatic carbocycles. The van der Waals surface area contributed by atoms with Crippen LogP contribution in [0.4, 0.5) is 4.39 Å². The first kappa shape index (κ1) is 13.8. The van der Waals surface area contributed by atoms with Gasteiger partial charge in [-0.2, -0.15) is 0 Å². The Morgan fingerprint density at radius 1 is 1.21 bits per heavy atom. The second-order valence-corrected chi connectivity index (χ2v) is 4.52. The highest BCUT2D eigenvalue weighted by Gasteiger charge is 2.17. The third-order valence-corrected chi connectivity index (χ3v) is 3.19. The molecule has 1 unspecified atom stereocenters. The van der Waals surface area contributed by atoms with Gasteiger partial charge in [0.1, 0.15) is 11.6 Å². The summed E-state index contributed by atoms with van der Waals surface area (Å²) >= 11 is 6.08. The maximum absolute atomic E-state index is 13.3. The first-order valence-electron chi connectivity index (χ1n) is 6.05. The quantitative estimate of drug-likeness (QED) is 0.920. The predicted molar refractivity (Wildman–Crippen MR) is 75.1 cm³/mol. The molecular formula is C15H15ClFNO. The highest BCUT2D eigenvalue weighted by molar-refractivity contribution is 6.31. The number of ether oxygens (including phenoxy) is 1. The van der Waals surface area contributed by atoms with Crippen LogP contribution in [-0.2, 0) is 0 Å². The van der Waals surface area contributed by atoms with Gasteiger partial charge in [0, 0.05) is 10.6 Å². The Kier molecular flexibility index (Phi) is 4.40. The highest BCUT2D eigenvalue weighted by atomic mass is 35.5. The van der Waals surface area contributed by atoms with E-state index in [0.29, 0.717) is 22.9 Å². The number of hydrogen-bond acceptors (Lipinski definition) is 2. The molecule has 4 heteroatoms. The third kappa shape index (κ3) is 3.06. The van der Waals surface area contributed by atoms with Gasteiger partial charge >= 0.3 is 0 Å². The molecule has 2 nitrogen and oxygen atoms in total. The zero-order valence-electron chi connectivity index (χ0n) is 10.6. The zero-order valence-corrected chi connectivity index (χ0v) is 11.3. The highest BCUT2D eigenvalue weighted by Crippen LogP contribution is 2.32. The minimum absolute atomic E-state index is 0.358. The van der Waals surface area contributed by atoms with E-state index in [9.17, 15) is 4.39 Å². The lowest BCUT2D eigenvalue weighted by molar-refractivity contribution is 0.335. The van der Waals surface area contributed by atoms with Crippen LogP contribution in [0.2, 0.25) is 5.02 Å². The normalized spacial score (nSPS) is 12.2. The molecule has 0 aliphatic rings. The van der Waals surface area contributed by atoms with Crippen molar-refractivity contribution in [1.29, 1.82) is 0 Å². The van der Waals surface area contributed by atoms with Gasteiger partial charge in [-0.25, -0.2) is 4.39 Å². The Morgan fingerprint density at radius 3 is 2.68 bits per heavy atom. The fraction of sp³-hybridized carbons (Fsp3) is 0.200. The van der Waals surface area contributed by atoms with Crippen LogP contribution in [0.25, 0.3) is 0 Å². The van der Waals surface area contributed by atoms with E-state index in [4.69, 9.17) is 22.1 Å². The average Bonchev–Trinajstić information content (AvgIpc) is 2.42. The molecule has 0 saturated carbocycles. The molecule has 2 N–H and O–H groups in total. The zero-order chi connectivity index (χ0) is 13.8. The molecule has 0 aliphatic heterocycles. The summed E-state index contributed by atoms with van der Waals surface area (Å²) < 4.78 is 18.9. The Labute approximate surface area is 117 Å². The summed E-state index contributed by atoms with van der Waals surface area (Å²) in [6.07, 6.45) is 0. The molecule has 0 fully saturated rings. The van der Waals surface area contributed by atoms with Crippen molar-refractivity contribution in [2.45, 2.75) is 13.0 Å². The smallest absolute Gasteiger partial charge is 0.124 e. The topological polar surface area (TPSA) is 35.2 Å². The third-order valence-electron chi connectivity index (χ3n) is 2.85. The Morgan fingerprint density at radius 2 is 1.95 bits per heavy atom. The van der Waals surface area contributed by atoms with Crippen molar-refractivity contribution in [2.24, 2.45) is 5.73 Å². The second kappa shape index (κ2) is 6.04. The van der Waals surface area contributed by atoms with Crippen LogP contribution in [0.15, 0.2) is 42.5 Å². The van der Waals surface area contributed by atoms with Gasteiger partial charge in [-0.05, 0) is 36.8 Å². The van der Waals surface area contributed by atoms with E-state index in [-0.39, 0.29) is 5.82 Å². The fourth-order valence-corrected chi connectivity index (χ4v) is 2.18. The SMILES string of the molecule is CCOc1ccccc1C(N)c1cc(F)ccc1Cl. The monoisotopic (exact) mass is 279 g/mol. The van der Waals surface area contributed by atoms with Crippen LogP contribution >= 0.6 is 11.6 Å². The number of nitrogens with two attached hydrogens (primary N) is 1. The molecule has 1 atom stereocenters. The maximum Gasteiger partial charge on any atom is 0.124 e. The van der Waals surface area contributed by atoms with Crippen molar-refractivity contribution in [3.63, 3.8) is 0 Å². The maximum atomic E-state index is 13.3. The van der Waals surface area contributed by atoms with Crippen LogP contribution < -0.4 is 10.5 Å². The summed E-state index contributed by atoms with van der Waals surface area (Å²) in [5.41, 5.74) is 7.52. The van der Waals surface area contributed by atoms with Crippen LogP contribution in [0, 0.1) is 5.82 Å². The summed E-state index contributed by atoms with van der Waals surface area (Å²) in [5.74, 6) is 0.335. The molecule has 0 amide bonds. The molecule has 2 rings (SSSR count). The molecule has 0 bridgehead atoms. The van der Waals surface area contributed by atoms with Gasteiger partial charge in [0.2, 0.25) is 0 Å². The van der Waals surface area contributed by atoms with E-state index in [0.717, 1.165) is 5.56 Å². The Bertz CT molecular complexity index is 574. The van der Waals surface area contributed by atoms with Gasteiger partial charge < -0.3 is 10.5 Å². The molecule has 100 valence electrons. The van der Waals surface area contributed by atoms with E-state index in [1.807, 2.05) is 31.2 Å². The van der Waals surface area contributed by atoms with Gasteiger partial charge in [-0.3, -0.25) is 0 Å². The van der Waals surface area contributed by atoms with Crippen LogP contribution in [0.3, 0.4) is 0 Å². The van der Waals surface area contributed by atoms with Crippen LogP contribution in [0.1, 0.15) is 24.1 Å². The fourth-order valence-electron chi connectivity index (χ4n) is 1.94. The molecule has 0 radical (unpaired) electrons. The number of hydrogen-bond donors (Lipinski definition) is 1. The van der Waals surface area contributed by atoms with Gasteiger partial charge in [0.05, 0.1) is 12.6 Å². The van der Waals surface area contributed by atoms with Gasteiger partial charge in [-0.1, -0.05) is 29.8 Å². The van der Waals surface area contributed by atoms with Crippen molar-refractivity contribution >= 4 is 11.6 Å². The summed E-state index contributed by atoms with van der Waals surface area (Å²) in [6.45, 7) is 2.44. The number of para-hydroxylation sites is 1. The van der Waals surface area contributed by atoms with E-state index in [1.165, 1.54) is 18.2 Å². The van der Waals surface area contributed by atoms with Crippen molar-refractivity contribution in [3.05, 3.63) is 64.4 Å². The number of halogens is 2. The van der Waals surface area contributed by atoms with Crippen molar-refractivity contribution in [3.8, 4) is 5.75 Å². The first-order chi connectivity index (χ1) is 9.13. The molecule has 0 spiro atoms. The molecule has 19 heavy (non-hydrogen) atoms. The number of benzene rings is 2. The van der Waals surface area contributed by atoms with E-state index in [2.05, 4.69) is 0 Å². The van der Waals surface area contributed by atoms with Gasteiger partial charge in [0.15, 0.2) is 0 Å². The average molecular weight is 280 g/mol. The lowest BCUT2D eigenvalue weighted by Gasteiger charge is -2.18. The summed E-state index contributed by atoms with van der Waals surface area (Å²) in [4.78, 5) is 0. The van der Waals surface area contributed by atoms with E-state index in [1.54, 1.807) is 0 Å². The van der Waals surface area contributed by atoms with Crippen LogP contribution in [0.5, 0.6) is 5.75 Å². The molecule has 0 saturated heterocycles. The van der Waals surface area contributed by atoms with Crippen molar-refractivity contribution in [2.75, 3.05) is 6.61 Å². The standard InChI is InChI=1S/C15H15ClFNO/c1-2-19-14-6-4-3-5-11(14)15(18)12-9-10(17)7-8-13(12)16/h3-9,15H,2,18H2,1H3. The van der Waals surface area contributed by atoms with E-state index >= 15 is 0 Å². The molecular weight excluding hydrogens is 265 g/mol. The van der Waals surface area contributed by atoms with Gasteiger partial charge in [-0.15, -0.1) is 0 Å².